The minimum absolute atomic E-state index is 0.0580. The van der Waals surface area contributed by atoms with Gasteiger partial charge in [-0.3, -0.25) is 4.90 Å². The molecule has 1 nitrogen and oxygen atoms in total. The van der Waals surface area contributed by atoms with Crippen LogP contribution in [0.4, 0.5) is 13.2 Å². The van der Waals surface area contributed by atoms with Crippen molar-refractivity contribution in [2.24, 2.45) is 0 Å². The Hall–Kier alpha value is -2.59. The molecule has 4 rings (SSSR count). The minimum Gasteiger partial charge on any atom is -0.299 e. The third-order valence-corrected chi connectivity index (χ3v) is 4.83. The zero-order valence-electron chi connectivity index (χ0n) is 22.0. The molecule has 3 aromatic carbocycles. The summed E-state index contributed by atoms with van der Waals surface area (Å²) >= 11 is 0. The van der Waals surface area contributed by atoms with Crippen LogP contribution in [0.25, 0.3) is 16.3 Å². The number of benzene rings is 3. The zero-order chi connectivity index (χ0) is 25.7. The first-order valence-electron chi connectivity index (χ1n) is 12.5. The maximum atomic E-state index is 13.0. The molecule has 1 aliphatic rings. The average Bonchev–Trinajstić information content (AvgIpc) is 2.83. The van der Waals surface area contributed by atoms with Crippen molar-refractivity contribution in [1.29, 1.82) is 0 Å². The Labute approximate surface area is 172 Å². The van der Waals surface area contributed by atoms with E-state index in [4.69, 9.17) is 9.60 Å². The van der Waals surface area contributed by atoms with Crippen LogP contribution in [0.15, 0.2) is 72.6 Å². The molecular weight excluding hydrogens is 359 g/mol. The summed E-state index contributed by atoms with van der Waals surface area (Å²) in [6.45, 7) is 1.48. The van der Waals surface area contributed by atoms with E-state index >= 15 is 0 Å². The second-order valence-corrected chi connectivity index (χ2v) is 6.71. The molecule has 0 unspecified atom stereocenters. The highest BCUT2D eigenvalue weighted by Gasteiger charge is 2.30. The first-order valence-corrected chi connectivity index (χ1v) is 8.99. The van der Waals surface area contributed by atoms with Gasteiger partial charge in [0.15, 0.2) is 0 Å². The number of hydrogen-bond acceptors (Lipinski definition) is 1. The molecule has 3 aromatic rings. The Kier molecular flexibility index (Phi) is 3.36. The molecule has 0 amide bonds. The van der Waals surface area contributed by atoms with E-state index in [1.807, 2.05) is 11.0 Å². The van der Waals surface area contributed by atoms with Gasteiger partial charge in [0, 0.05) is 19.6 Å². The summed E-state index contributed by atoms with van der Waals surface area (Å²) in [6, 6.07) is 2.69. The summed E-state index contributed by atoms with van der Waals surface area (Å²) in [5.74, 6) is 0. The normalized spacial score (nSPS) is 19.1. The van der Waals surface area contributed by atoms with Gasteiger partial charge in [-0.25, -0.2) is 0 Å². The summed E-state index contributed by atoms with van der Waals surface area (Å²) in [7, 11) is 0. The van der Waals surface area contributed by atoms with Gasteiger partial charge in [0.1, 0.15) is 0 Å². The second-order valence-electron chi connectivity index (χ2n) is 6.71. The standard InChI is InChI=1S/C24H22F3N/c25-24(26,27)23-7-3-6-22(17-23)20-11-14-28(15-12-20)13-10-18-8-9-19-4-1-2-5-21(19)16-18/h1-9,11,16-17H,10,12-15H2/i1D,2D,4D,5D,8D,9D,16D. The summed E-state index contributed by atoms with van der Waals surface area (Å²) in [6.07, 6.45) is -1.76. The molecule has 144 valence electrons. The Balaban J connectivity index is 1.56. The smallest absolute Gasteiger partial charge is 0.299 e. The molecule has 0 fully saturated rings. The van der Waals surface area contributed by atoms with E-state index in [0.29, 0.717) is 31.6 Å². The van der Waals surface area contributed by atoms with E-state index in [9.17, 15) is 13.2 Å². The van der Waals surface area contributed by atoms with Crippen LogP contribution in [-0.2, 0) is 12.6 Å². The molecular formula is C24H22F3N. The minimum atomic E-state index is -4.40. The van der Waals surface area contributed by atoms with Crippen LogP contribution in [0.5, 0.6) is 0 Å². The van der Waals surface area contributed by atoms with Crippen LogP contribution in [0.2, 0.25) is 0 Å². The quantitative estimate of drug-likeness (QED) is 0.515. The third kappa shape index (κ3) is 4.28. The fourth-order valence-corrected chi connectivity index (χ4v) is 3.29. The fraction of sp³-hybridized carbons (Fsp3) is 0.250. The number of nitrogens with zero attached hydrogens (tertiary/aromatic N) is 1. The van der Waals surface area contributed by atoms with Gasteiger partial charge in [0.05, 0.1) is 15.2 Å². The second kappa shape index (κ2) is 7.80. The lowest BCUT2D eigenvalue weighted by Crippen LogP contribution is -2.30. The number of halogens is 3. The summed E-state index contributed by atoms with van der Waals surface area (Å²) in [4.78, 5) is 2.03. The van der Waals surface area contributed by atoms with E-state index in [2.05, 4.69) is 0 Å². The predicted octanol–water partition coefficient (Wildman–Crippen LogP) is 6.19. The monoisotopic (exact) mass is 388 g/mol. The zero-order valence-corrected chi connectivity index (χ0v) is 15.0. The van der Waals surface area contributed by atoms with Gasteiger partial charge in [-0.2, -0.15) is 13.2 Å². The van der Waals surface area contributed by atoms with Crippen molar-refractivity contribution in [3.63, 3.8) is 0 Å². The predicted molar refractivity (Wildman–Crippen MR) is 108 cm³/mol. The van der Waals surface area contributed by atoms with Gasteiger partial charge < -0.3 is 0 Å². The average molecular weight is 388 g/mol. The van der Waals surface area contributed by atoms with Gasteiger partial charge in [-0.1, -0.05) is 60.5 Å². The Bertz CT molecular complexity index is 1350. The van der Waals surface area contributed by atoms with Crippen molar-refractivity contribution in [3.05, 3.63) is 89.3 Å². The highest BCUT2D eigenvalue weighted by molar-refractivity contribution is 5.83. The molecule has 0 aromatic heterocycles. The van der Waals surface area contributed by atoms with E-state index in [1.54, 1.807) is 6.07 Å². The van der Waals surface area contributed by atoms with Gasteiger partial charge in [0.2, 0.25) is 0 Å². The molecule has 1 aliphatic heterocycles. The van der Waals surface area contributed by atoms with Crippen molar-refractivity contribution < 1.29 is 22.8 Å². The van der Waals surface area contributed by atoms with Crippen molar-refractivity contribution in [2.75, 3.05) is 19.6 Å². The van der Waals surface area contributed by atoms with Crippen LogP contribution < -0.4 is 0 Å². The molecule has 0 spiro atoms. The summed E-state index contributed by atoms with van der Waals surface area (Å²) in [5, 5.41) is -0.182. The van der Waals surface area contributed by atoms with Gasteiger partial charge in [-0.15, -0.1) is 0 Å². The lowest BCUT2D eigenvalue weighted by molar-refractivity contribution is -0.137. The van der Waals surface area contributed by atoms with E-state index in [0.717, 1.165) is 17.7 Å². The van der Waals surface area contributed by atoms with Crippen molar-refractivity contribution in [1.82, 2.24) is 4.90 Å². The molecule has 0 bridgehead atoms. The van der Waals surface area contributed by atoms with E-state index < -0.39 is 35.9 Å². The first-order chi connectivity index (χ1) is 16.4. The van der Waals surface area contributed by atoms with Gasteiger partial charge >= 0.3 is 6.18 Å². The van der Waals surface area contributed by atoms with E-state index in [-0.39, 0.29) is 40.9 Å². The molecule has 0 saturated carbocycles. The van der Waals surface area contributed by atoms with Crippen LogP contribution >= 0.6 is 0 Å². The SMILES string of the molecule is [2H]c1c([2H])c([2H])c2c([2H])c(CCN3CC=C(c4cccc(C(F)(F)F)c4)CC3)c([2H])c([2H])c2c1[2H]. The number of hydrogen-bond donors (Lipinski definition) is 0. The molecule has 0 atom stereocenters. The molecule has 0 saturated heterocycles. The Morgan fingerprint density at radius 1 is 1.04 bits per heavy atom. The summed E-state index contributed by atoms with van der Waals surface area (Å²) < 4.78 is 96.3. The number of fused-ring (bicyclic) bond motifs is 1. The topological polar surface area (TPSA) is 3.24 Å². The van der Waals surface area contributed by atoms with Crippen molar-refractivity contribution in [2.45, 2.75) is 19.0 Å². The van der Waals surface area contributed by atoms with Crippen LogP contribution in [0.3, 0.4) is 0 Å². The number of rotatable bonds is 4. The molecule has 0 radical (unpaired) electrons. The molecule has 0 N–H and O–H groups in total. The molecule has 28 heavy (non-hydrogen) atoms. The first kappa shape index (κ1) is 12.1. The summed E-state index contributed by atoms with van der Waals surface area (Å²) in [5.41, 5.74) is 0.902. The molecule has 0 aliphatic carbocycles. The maximum Gasteiger partial charge on any atom is 0.416 e. The van der Waals surface area contributed by atoms with Gasteiger partial charge in [0.25, 0.3) is 0 Å². The maximum absolute atomic E-state index is 13.0. The fourth-order valence-electron chi connectivity index (χ4n) is 3.29. The molecule has 1 heterocycles. The largest absolute Gasteiger partial charge is 0.416 e. The Morgan fingerprint density at radius 2 is 1.86 bits per heavy atom. The van der Waals surface area contributed by atoms with Crippen LogP contribution in [0.1, 0.15) is 32.7 Å². The molecule has 4 heteroatoms. The lowest BCUT2D eigenvalue weighted by atomic mass is 9.97. The number of alkyl halides is 3. The van der Waals surface area contributed by atoms with Crippen LogP contribution in [-0.4, -0.2) is 24.5 Å². The van der Waals surface area contributed by atoms with Crippen LogP contribution in [0, 0.1) is 0 Å². The Morgan fingerprint density at radius 3 is 2.61 bits per heavy atom. The van der Waals surface area contributed by atoms with Crippen molar-refractivity contribution in [3.8, 4) is 0 Å². The van der Waals surface area contributed by atoms with E-state index in [1.165, 1.54) is 6.07 Å². The highest BCUT2D eigenvalue weighted by atomic mass is 19.4. The third-order valence-electron chi connectivity index (χ3n) is 4.83. The van der Waals surface area contributed by atoms with Crippen molar-refractivity contribution >= 4 is 16.3 Å². The highest BCUT2D eigenvalue weighted by Crippen LogP contribution is 2.32. The lowest BCUT2D eigenvalue weighted by Gasteiger charge is -2.26. The van der Waals surface area contributed by atoms with Gasteiger partial charge in [-0.05, 0) is 52.4 Å².